The highest BCUT2D eigenvalue weighted by Crippen LogP contribution is 2.30. The van der Waals surface area contributed by atoms with E-state index in [1.165, 1.54) is 0 Å². The number of amides is 1. The normalized spacial score (nSPS) is 15.7. The fraction of sp³-hybridized carbons (Fsp3) is 0.611. The molecule has 122 valence electrons. The van der Waals surface area contributed by atoms with E-state index in [2.05, 4.69) is 26.0 Å². The third-order valence-electron chi connectivity index (χ3n) is 4.05. The molecular weight excluding hydrogens is 278 g/mol. The number of ether oxygens (including phenoxy) is 1. The van der Waals surface area contributed by atoms with Crippen LogP contribution in [-0.2, 0) is 4.79 Å². The summed E-state index contributed by atoms with van der Waals surface area (Å²) < 4.78 is 5.98. The van der Waals surface area contributed by atoms with E-state index in [4.69, 9.17) is 9.84 Å². The quantitative estimate of drug-likeness (QED) is 0.842. The van der Waals surface area contributed by atoms with Gasteiger partial charge in [0, 0.05) is 12.6 Å². The van der Waals surface area contributed by atoms with E-state index in [1.807, 2.05) is 13.0 Å². The topological polar surface area (TPSA) is 49.8 Å². The van der Waals surface area contributed by atoms with E-state index in [1.54, 1.807) is 11.8 Å². The van der Waals surface area contributed by atoms with Gasteiger partial charge in [-0.25, -0.2) is 0 Å². The van der Waals surface area contributed by atoms with Crippen LogP contribution in [0.5, 0.6) is 5.75 Å². The Balaban J connectivity index is 2.12. The predicted octanol–water partition coefficient (Wildman–Crippen LogP) is 2.87. The number of carbonyl (C=O) groups is 1. The number of aryl methyl sites for hydroxylation is 1. The van der Waals surface area contributed by atoms with Crippen molar-refractivity contribution in [1.29, 1.82) is 0 Å². The van der Waals surface area contributed by atoms with Crippen molar-refractivity contribution in [2.45, 2.75) is 58.6 Å². The van der Waals surface area contributed by atoms with Crippen LogP contribution in [0, 0.1) is 6.92 Å². The highest BCUT2D eigenvalue weighted by Gasteiger charge is 2.35. The lowest BCUT2D eigenvalue weighted by molar-refractivity contribution is -0.139. The van der Waals surface area contributed by atoms with E-state index in [9.17, 15) is 4.79 Å². The van der Waals surface area contributed by atoms with Crippen LogP contribution < -0.4 is 4.74 Å². The molecule has 1 unspecified atom stereocenters. The Kier molecular flexibility index (Phi) is 5.46. The van der Waals surface area contributed by atoms with Gasteiger partial charge in [-0.3, -0.25) is 4.79 Å². The Morgan fingerprint density at radius 2 is 2.05 bits per heavy atom. The minimum Gasteiger partial charge on any atom is -0.481 e. The second-order valence-electron chi connectivity index (χ2n) is 6.44. The summed E-state index contributed by atoms with van der Waals surface area (Å²) in [5, 5.41) is 9.15. The summed E-state index contributed by atoms with van der Waals surface area (Å²) in [6.07, 6.45) is 1.52. The van der Waals surface area contributed by atoms with Gasteiger partial charge in [0.05, 0.1) is 6.61 Å². The monoisotopic (exact) mass is 305 g/mol. The van der Waals surface area contributed by atoms with E-state index >= 15 is 0 Å². The van der Waals surface area contributed by atoms with Crippen molar-refractivity contribution in [2.24, 2.45) is 0 Å². The molecule has 0 bridgehead atoms. The fourth-order valence-corrected chi connectivity index (χ4v) is 2.66. The first-order chi connectivity index (χ1) is 10.4. The third-order valence-corrected chi connectivity index (χ3v) is 4.05. The van der Waals surface area contributed by atoms with Gasteiger partial charge < -0.3 is 14.7 Å². The molecule has 2 rings (SSSR count). The number of hydrogen-bond acceptors (Lipinski definition) is 3. The molecule has 1 saturated carbocycles. The van der Waals surface area contributed by atoms with Gasteiger partial charge in [-0.2, -0.15) is 0 Å². The Bertz CT molecular complexity index is 523. The van der Waals surface area contributed by atoms with Crippen molar-refractivity contribution in [3.05, 3.63) is 29.3 Å². The van der Waals surface area contributed by atoms with Gasteiger partial charge in [-0.1, -0.05) is 26.0 Å². The zero-order chi connectivity index (χ0) is 16.3. The van der Waals surface area contributed by atoms with Gasteiger partial charge in [0.25, 0.3) is 5.91 Å². The summed E-state index contributed by atoms with van der Waals surface area (Å²) in [6, 6.07) is 6.41. The Morgan fingerprint density at radius 3 is 2.59 bits per heavy atom. The zero-order valence-corrected chi connectivity index (χ0v) is 14.0. The lowest BCUT2D eigenvalue weighted by Crippen LogP contribution is -2.43. The second-order valence-corrected chi connectivity index (χ2v) is 6.44. The first kappa shape index (κ1) is 16.8. The molecule has 0 saturated heterocycles. The maximum Gasteiger partial charge on any atom is 0.263 e. The molecule has 0 heterocycles. The van der Waals surface area contributed by atoms with Crippen LogP contribution in [0.4, 0.5) is 0 Å². The van der Waals surface area contributed by atoms with E-state index < -0.39 is 6.10 Å². The molecule has 1 amide bonds. The summed E-state index contributed by atoms with van der Waals surface area (Å²) >= 11 is 0. The van der Waals surface area contributed by atoms with Crippen LogP contribution in [0.3, 0.4) is 0 Å². The van der Waals surface area contributed by atoms with Gasteiger partial charge in [0.1, 0.15) is 5.75 Å². The van der Waals surface area contributed by atoms with E-state index in [0.29, 0.717) is 12.5 Å². The highest BCUT2D eigenvalue weighted by atomic mass is 16.5. The molecule has 0 aromatic heterocycles. The van der Waals surface area contributed by atoms with Crippen LogP contribution in [0.2, 0.25) is 0 Å². The largest absolute Gasteiger partial charge is 0.481 e. The Hall–Kier alpha value is -1.55. The van der Waals surface area contributed by atoms with Gasteiger partial charge >= 0.3 is 0 Å². The molecule has 0 spiro atoms. The fourth-order valence-electron chi connectivity index (χ4n) is 2.66. The van der Waals surface area contributed by atoms with Gasteiger partial charge in [-0.15, -0.1) is 0 Å². The summed E-state index contributed by atoms with van der Waals surface area (Å²) in [4.78, 5) is 14.3. The first-order valence-corrected chi connectivity index (χ1v) is 8.12. The molecule has 1 aromatic carbocycles. The van der Waals surface area contributed by atoms with E-state index in [-0.39, 0.29) is 18.6 Å². The average Bonchev–Trinajstić information content (AvgIpc) is 3.28. The molecule has 22 heavy (non-hydrogen) atoms. The number of hydrogen-bond donors (Lipinski definition) is 1. The van der Waals surface area contributed by atoms with Crippen LogP contribution in [0.25, 0.3) is 0 Å². The van der Waals surface area contributed by atoms with Gasteiger partial charge in [-0.05, 0) is 49.8 Å². The van der Waals surface area contributed by atoms with E-state index in [0.717, 1.165) is 29.7 Å². The minimum atomic E-state index is -0.536. The molecule has 1 atom stereocenters. The molecule has 1 aliphatic carbocycles. The zero-order valence-electron chi connectivity index (χ0n) is 14.0. The number of aliphatic hydroxyl groups excluding tert-OH is 1. The van der Waals surface area contributed by atoms with Crippen molar-refractivity contribution in [3.8, 4) is 5.75 Å². The number of nitrogens with zero attached hydrogens (tertiary/aromatic N) is 1. The second kappa shape index (κ2) is 7.14. The average molecular weight is 305 g/mol. The molecule has 1 fully saturated rings. The minimum absolute atomic E-state index is 0.00332. The maximum atomic E-state index is 12.6. The number of aliphatic hydroxyl groups is 1. The van der Waals surface area contributed by atoms with Crippen LogP contribution in [0.1, 0.15) is 50.7 Å². The Labute approximate surface area is 133 Å². The third kappa shape index (κ3) is 4.01. The molecular formula is C18H27NO3. The highest BCUT2D eigenvalue weighted by molar-refractivity contribution is 5.81. The first-order valence-electron chi connectivity index (χ1n) is 8.12. The Morgan fingerprint density at radius 1 is 1.36 bits per heavy atom. The van der Waals surface area contributed by atoms with Crippen molar-refractivity contribution in [2.75, 3.05) is 13.2 Å². The van der Waals surface area contributed by atoms with Crippen molar-refractivity contribution >= 4 is 5.91 Å². The molecule has 0 radical (unpaired) electrons. The lowest BCUT2D eigenvalue weighted by atomic mass is 10.0. The van der Waals surface area contributed by atoms with Crippen LogP contribution in [0.15, 0.2) is 18.2 Å². The number of benzene rings is 1. The van der Waals surface area contributed by atoms with Crippen LogP contribution >= 0.6 is 0 Å². The predicted molar refractivity (Wildman–Crippen MR) is 87.2 cm³/mol. The maximum absolute atomic E-state index is 12.6. The summed E-state index contributed by atoms with van der Waals surface area (Å²) in [5.74, 6) is 1.10. The number of carbonyl (C=O) groups excluding carboxylic acids is 1. The molecule has 4 heteroatoms. The molecule has 1 N–H and O–H groups in total. The van der Waals surface area contributed by atoms with Crippen molar-refractivity contribution in [3.63, 3.8) is 0 Å². The summed E-state index contributed by atoms with van der Waals surface area (Å²) in [7, 11) is 0. The SMILES string of the molecule is Cc1ccc(C(C)C)c(OC(C)C(=O)N(CCO)C2CC2)c1. The standard InChI is InChI=1S/C18H27NO3/c1-12(2)16-8-5-13(3)11-17(16)22-14(4)18(21)19(9-10-20)15-6-7-15/h5,8,11-12,14-15,20H,6-7,9-10H2,1-4H3. The summed E-state index contributed by atoms with van der Waals surface area (Å²) in [5.41, 5.74) is 2.24. The summed E-state index contributed by atoms with van der Waals surface area (Å²) in [6.45, 7) is 8.44. The molecule has 0 aliphatic heterocycles. The molecule has 4 nitrogen and oxygen atoms in total. The van der Waals surface area contributed by atoms with Crippen molar-refractivity contribution in [1.82, 2.24) is 4.90 Å². The molecule has 1 aromatic rings. The smallest absolute Gasteiger partial charge is 0.263 e. The van der Waals surface area contributed by atoms with Gasteiger partial charge in [0.2, 0.25) is 0 Å². The van der Waals surface area contributed by atoms with Crippen LogP contribution in [-0.4, -0.2) is 41.2 Å². The van der Waals surface area contributed by atoms with Gasteiger partial charge in [0.15, 0.2) is 6.10 Å². The lowest BCUT2D eigenvalue weighted by Gasteiger charge is -2.26. The number of rotatable bonds is 7. The molecule has 1 aliphatic rings. The van der Waals surface area contributed by atoms with Crippen molar-refractivity contribution < 1.29 is 14.6 Å².